The lowest BCUT2D eigenvalue weighted by molar-refractivity contribution is -0.133. The van der Waals surface area contributed by atoms with E-state index < -0.39 is 0 Å². The molecule has 20 heavy (non-hydrogen) atoms. The molecule has 1 rings (SSSR count). The van der Waals surface area contributed by atoms with E-state index in [9.17, 15) is 4.79 Å². The molecule has 0 aromatic heterocycles. The van der Waals surface area contributed by atoms with Gasteiger partial charge in [-0.2, -0.15) is 0 Å². The molecular weight excluding hydrogens is 268 g/mol. The van der Waals surface area contributed by atoms with Gasteiger partial charge in [0.2, 0.25) is 10.5 Å². The summed E-state index contributed by atoms with van der Waals surface area (Å²) in [6, 6.07) is 9.70. The van der Waals surface area contributed by atoms with Gasteiger partial charge in [-0.3, -0.25) is 0 Å². The molecule has 3 nitrogen and oxygen atoms in total. The summed E-state index contributed by atoms with van der Waals surface area (Å²) in [7, 11) is 0.584. The Kier molecular flexibility index (Phi) is 7.43. The van der Waals surface area contributed by atoms with Crippen molar-refractivity contribution < 1.29 is 14.0 Å². The predicted molar refractivity (Wildman–Crippen MR) is 84.8 cm³/mol. The van der Waals surface area contributed by atoms with Crippen LogP contribution in [0.1, 0.15) is 38.7 Å². The van der Waals surface area contributed by atoms with Crippen molar-refractivity contribution in [2.45, 2.75) is 33.1 Å². The molecule has 0 spiro atoms. The fourth-order valence-corrected chi connectivity index (χ4v) is 2.23. The van der Waals surface area contributed by atoms with Gasteiger partial charge in [0.1, 0.15) is 0 Å². The highest BCUT2D eigenvalue weighted by molar-refractivity contribution is 5.99. The molecule has 0 heterocycles. The minimum atomic E-state index is -0.348. The van der Waals surface area contributed by atoms with Crippen molar-refractivity contribution in [3.05, 3.63) is 53.5 Å². The molecule has 0 radical (unpaired) electrons. The van der Waals surface area contributed by atoms with Gasteiger partial charge in [0, 0.05) is 6.42 Å². The zero-order chi connectivity index (χ0) is 14.8. The maximum absolute atomic E-state index is 11.9. The molecule has 0 amide bonds. The van der Waals surface area contributed by atoms with Crippen molar-refractivity contribution in [3.63, 3.8) is 0 Å². The lowest BCUT2D eigenvalue weighted by Gasteiger charge is -2.10. The summed E-state index contributed by atoms with van der Waals surface area (Å²) in [5.41, 5.74) is 1.55. The zero-order valence-electron chi connectivity index (χ0n) is 12.4. The number of hydrogen-bond donors (Lipinski definition) is 0. The van der Waals surface area contributed by atoms with Crippen molar-refractivity contribution in [1.82, 2.24) is 0 Å². The average Bonchev–Trinajstić information content (AvgIpc) is 2.48. The standard InChI is InChI=1S/C16H22O3Si/c1-3-4-10-15(19-20)13(2)16(17)18-12-11-14-8-6-5-7-9-14/h5-9,11-12H,3-4,10H2,1-2,20H3. The Morgan fingerprint density at radius 2 is 2.00 bits per heavy atom. The quantitative estimate of drug-likeness (QED) is 0.335. The first-order chi connectivity index (χ1) is 9.69. The molecule has 0 aliphatic rings. The van der Waals surface area contributed by atoms with Crippen molar-refractivity contribution in [3.8, 4) is 0 Å². The summed E-state index contributed by atoms with van der Waals surface area (Å²) in [5.74, 6) is 0.413. The highest BCUT2D eigenvalue weighted by atomic mass is 28.2. The van der Waals surface area contributed by atoms with Crippen molar-refractivity contribution >= 4 is 22.5 Å². The van der Waals surface area contributed by atoms with E-state index in [2.05, 4.69) is 6.92 Å². The smallest absolute Gasteiger partial charge is 0.341 e. The van der Waals surface area contributed by atoms with Gasteiger partial charge in [-0.05, 0) is 25.0 Å². The summed E-state index contributed by atoms with van der Waals surface area (Å²) in [6.45, 7) is 3.86. The molecule has 1 aromatic carbocycles. The summed E-state index contributed by atoms with van der Waals surface area (Å²) in [6.07, 6.45) is 6.07. The van der Waals surface area contributed by atoms with E-state index in [4.69, 9.17) is 9.16 Å². The molecule has 0 aliphatic carbocycles. The third-order valence-electron chi connectivity index (χ3n) is 2.96. The first kappa shape index (κ1) is 16.2. The number of rotatable bonds is 7. The first-order valence-electron chi connectivity index (χ1n) is 6.85. The van der Waals surface area contributed by atoms with Crippen LogP contribution in [-0.4, -0.2) is 16.5 Å². The van der Waals surface area contributed by atoms with Crippen LogP contribution in [0, 0.1) is 0 Å². The predicted octanol–water partition coefficient (Wildman–Crippen LogP) is 2.96. The van der Waals surface area contributed by atoms with Crippen LogP contribution in [0.3, 0.4) is 0 Å². The number of carbonyl (C=O) groups excluding carboxylic acids is 1. The van der Waals surface area contributed by atoms with Gasteiger partial charge in [-0.25, -0.2) is 4.79 Å². The van der Waals surface area contributed by atoms with Gasteiger partial charge in [0.15, 0.2) is 0 Å². The van der Waals surface area contributed by atoms with Crippen molar-refractivity contribution in [1.29, 1.82) is 0 Å². The van der Waals surface area contributed by atoms with Crippen LogP contribution in [0.15, 0.2) is 47.9 Å². The second-order valence-electron chi connectivity index (χ2n) is 4.47. The van der Waals surface area contributed by atoms with Crippen LogP contribution in [-0.2, 0) is 14.0 Å². The first-order valence-corrected chi connectivity index (χ1v) is 7.67. The number of ether oxygens (including phenoxy) is 1. The van der Waals surface area contributed by atoms with Gasteiger partial charge in [0.05, 0.1) is 17.6 Å². The summed E-state index contributed by atoms with van der Waals surface area (Å²) in [5, 5.41) is 0. The Balaban J connectivity index is 2.61. The van der Waals surface area contributed by atoms with Gasteiger partial charge in [-0.1, -0.05) is 43.7 Å². The molecule has 0 atom stereocenters. The largest absolute Gasteiger partial charge is 0.556 e. The average molecular weight is 290 g/mol. The Bertz CT molecular complexity index is 478. The highest BCUT2D eigenvalue weighted by Crippen LogP contribution is 2.14. The molecule has 108 valence electrons. The number of unbranched alkanes of at least 4 members (excludes halogenated alkanes) is 1. The van der Waals surface area contributed by atoms with Gasteiger partial charge < -0.3 is 9.16 Å². The molecule has 0 unspecified atom stereocenters. The van der Waals surface area contributed by atoms with Crippen molar-refractivity contribution in [2.24, 2.45) is 0 Å². The van der Waals surface area contributed by atoms with E-state index >= 15 is 0 Å². The van der Waals surface area contributed by atoms with E-state index in [0.717, 1.165) is 30.6 Å². The normalized spacial score (nSPS) is 12.3. The lowest BCUT2D eigenvalue weighted by Crippen LogP contribution is -2.06. The number of carbonyl (C=O) groups is 1. The van der Waals surface area contributed by atoms with Crippen LogP contribution in [0.4, 0.5) is 0 Å². The fraction of sp³-hybridized carbons (Fsp3) is 0.312. The molecule has 4 heteroatoms. The number of hydrogen-bond acceptors (Lipinski definition) is 3. The topological polar surface area (TPSA) is 35.5 Å². The minimum absolute atomic E-state index is 0.348. The maximum Gasteiger partial charge on any atom is 0.341 e. The van der Waals surface area contributed by atoms with Crippen LogP contribution in [0.5, 0.6) is 0 Å². The van der Waals surface area contributed by atoms with E-state index in [-0.39, 0.29) is 5.97 Å². The third-order valence-corrected chi connectivity index (χ3v) is 3.46. The summed E-state index contributed by atoms with van der Waals surface area (Å²) >= 11 is 0. The molecule has 0 aliphatic heterocycles. The Labute approximate surface area is 123 Å². The van der Waals surface area contributed by atoms with Crippen LogP contribution >= 0.6 is 0 Å². The number of allylic oxidation sites excluding steroid dienone is 1. The summed E-state index contributed by atoms with van der Waals surface area (Å²) < 4.78 is 10.5. The second-order valence-corrected chi connectivity index (χ2v) is 4.88. The van der Waals surface area contributed by atoms with Crippen LogP contribution in [0.2, 0.25) is 0 Å². The van der Waals surface area contributed by atoms with E-state index in [0.29, 0.717) is 16.1 Å². The lowest BCUT2D eigenvalue weighted by atomic mass is 10.1. The monoisotopic (exact) mass is 290 g/mol. The fourth-order valence-electron chi connectivity index (χ4n) is 1.72. The van der Waals surface area contributed by atoms with E-state index in [1.165, 1.54) is 6.26 Å². The van der Waals surface area contributed by atoms with Gasteiger partial charge in [0.25, 0.3) is 0 Å². The molecule has 0 fully saturated rings. The van der Waals surface area contributed by atoms with Crippen molar-refractivity contribution in [2.75, 3.05) is 0 Å². The van der Waals surface area contributed by atoms with Crippen LogP contribution in [0.25, 0.3) is 6.08 Å². The second kappa shape index (κ2) is 9.15. The molecule has 0 N–H and O–H groups in total. The van der Waals surface area contributed by atoms with E-state index in [1.807, 2.05) is 30.3 Å². The number of esters is 1. The van der Waals surface area contributed by atoms with Crippen LogP contribution < -0.4 is 0 Å². The van der Waals surface area contributed by atoms with Gasteiger partial charge in [-0.15, -0.1) is 0 Å². The minimum Gasteiger partial charge on any atom is -0.556 e. The Morgan fingerprint density at radius 1 is 1.30 bits per heavy atom. The zero-order valence-corrected chi connectivity index (χ0v) is 14.4. The molecule has 0 saturated carbocycles. The number of benzene rings is 1. The molecule has 0 saturated heterocycles. The third kappa shape index (κ3) is 5.44. The highest BCUT2D eigenvalue weighted by Gasteiger charge is 2.11. The molecular formula is C16H22O3Si. The van der Waals surface area contributed by atoms with E-state index in [1.54, 1.807) is 13.0 Å². The maximum atomic E-state index is 11.9. The SMILES string of the molecule is CCCCC(O[SiH3])=C(C)C(=O)OC=Cc1ccccc1. The Morgan fingerprint density at radius 3 is 2.60 bits per heavy atom. The summed E-state index contributed by atoms with van der Waals surface area (Å²) in [4.78, 5) is 11.9. The molecule has 1 aromatic rings. The Hall–Kier alpha value is -1.81. The van der Waals surface area contributed by atoms with Gasteiger partial charge >= 0.3 is 5.97 Å². The molecule has 0 bridgehead atoms.